The molecule has 2 fully saturated rings. The smallest absolute Gasteiger partial charge is 0.231 e. The summed E-state index contributed by atoms with van der Waals surface area (Å²) in [5.74, 6) is 2.79. The van der Waals surface area contributed by atoms with Crippen LogP contribution in [0.15, 0.2) is 18.2 Å². The summed E-state index contributed by atoms with van der Waals surface area (Å²) in [6.07, 6.45) is 5.45. The zero-order chi connectivity index (χ0) is 19.7. The van der Waals surface area contributed by atoms with Crippen molar-refractivity contribution in [3.05, 3.63) is 18.2 Å². The maximum Gasteiger partial charge on any atom is 0.231 e. The van der Waals surface area contributed by atoms with Crippen molar-refractivity contribution in [2.75, 3.05) is 44.5 Å². The minimum absolute atomic E-state index is 0.264. The molecule has 28 heavy (non-hydrogen) atoms. The van der Waals surface area contributed by atoms with E-state index in [0.29, 0.717) is 24.9 Å². The van der Waals surface area contributed by atoms with Crippen molar-refractivity contribution in [1.29, 1.82) is 0 Å². The van der Waals surface area contributed by atoms with Crippen LogP contribution in [-0.4, -0.2) is 62.0 Å². The van der Waals surface area contributed by atoms with Crippen molar-refractivity contribution >= 4 is 33.0 Å². The molecular weight excluding hydrogens is 398 g/mol. The average Bonchev–Trinajstić information content (AvgIpc) is 3.15. The topological polar surface area (TPSA) is 71.1 Å². The van der Waals surface area contributed by atoms with Crippen LogP contribution in [0.3, 0.4) is 0 Å². The molecule has 0 bridgehead atoms. The number of nitrogens with zero attached hydrogens (tertiary/aromatic N) is 2. The summed E-state index contributed by atoms with van der Waals surface area (Å²) in [6.45, 7) is 3.46. The van der Waals surface area contributed by atoms with E-state index in [1.54, 1.807) is 4.31 Å². The van der Waals surface area contributed by atoms with Crippen molar-refractivity contribution in [3.63, 3.8) is 0 Å². The van der Waals surface area contributed by atoms with Crippen molar-refractivity contribution in [2.45, 2.75) is 25.7 Å². The maximum atomic E-state index is 11.7. The number of hydrogen-bond acceptors (Lipinski definition) is 5. The molecule has 1 aromatic carbocycles. The summed E-state index contributed by atoms with van der Waals surface area (Å²) >= 11 is 5.60. The second kappa shape index (κ2) is 8.04. The average molecular weight is 426 g/mol. The Hall–Kier alpha value is -1.58. The normalized spacial score (nSPS) is 21.7. The summed E-state index contributed by atoms with van der Waals surface area (Å²) in [7, 11) is -3.05. The van der Waals surface area contributed by atoms with Crippen LogP contribution in [0.5, 0.6) is 11.5 Å². The Balaban J connectivity index is 1.26. The first-order chi connectivity index (χ1) is 13.4. The number of hydrogen-bond donors (Lipinski definition) is 1. The van der Waals surface area contributed by atoms with Gasteiger partial charge in [-0.3, -0.25) is 0 Å². The summed E-state index contributed by atoms with van der Waals surface area (Å²) in [4.78, 5) is 2.22. The lowest BCUT2D eigenvalue weighted by Gasteiger charge is -2.40. The number of benzene rings is 1. The molecule has 1 N–H and O–H groups in total. The highest BCUT2D eigenvalue weighted by atomic mass is 32.2. The molecule has 7 nitrogen and oxygen atoms in total. The quantitative estimate of drug-likeness (QED) is 0.746. The van der Waals surface area contributed by atoms with Gasteiger partial charge in [0.2, 0.25) is 16.8 Å². The molecule has 4 rings (SSSR count). The number of piperidine rings is 2. The molecule has 0 aromatic heterocycles. The third-order valence-corrected chi connectivity index (χ3v) is 7.75. The molecule has 3 heterocycles. The summed E-state index contributed by atoms with van der Waals surface area (Å²) in [5, 5.41) is 4.05. The number of rotatable bonds is 3. The highest BCUT2D eigenvalue weighted by Crippen LogP contribution is 2.35. The van der Waals surface area contributed by atoms with Gasteiger partial charge in [-0.1, -0.05) is 0 Å². The molecule has 3 aliphatic rings. The third-order valence-electron chi connectivity index (χ3n) is 6.08. The van der Waals surface area contributed by atoms with E-state index >= 15 is 0 Å². The minimum Gasteiger partial charge on any atom is -0.454 e. The number of thiocarbonyl (C=S) groups is 1. The van der Waals surface area contributed by atoms with Crippen LogP contribution in [0, 0.1) is 11.8 Å². The molecule has 0 atom stereocenters. The first-order valence-electron chi connectivity index (χ1n) is 9.81. The largest absolute Gasteiger partial charge is 0.454 e. The van der Waals surface area contributed by atoms with Crippen LogP contribution in [0.2, 0.25) is 0 Å². The number of fused-ring (bicyclic) bond motifs is 1. The molecule has 0 saturated carbocycles. The first-order valence-corrected chi connectivity index (χ1v) is 12.1. The van der Waals surface area contributed by atoms with E-state index in [0.717, 1.165) is 61.1 Å². The Morgan fingerprint density at radius 1 is 1.04 bits per heavy atom. The third kappa shape index (κ3) is 4.36. The van der Waals surface area contributed by atoms with E-state index in [4.69, 9.17) is 21.7 Å². The Morgan fingerprint density at radius 2 is 1.64 bits per heavy atom. The van der Waals surface area contributed by atoms with Gasteiger partial charge in [-0.25, -0.2) is 12.7 Å². The van der Waals surface area contributed by atoms with E-state index in [1.807, 2.05) is 18.2 Å². The molecule has 154 valence electrons. The lowest BCUT2D eigenvalue weighted by molar-refractivity contribution is 0.150. The van der Waals surface area contributed by atoms with Crippen LogP contribution >= 0.6 is 12.2 Å². The Morgan fingerprint density at radius 3 is 2.29 bits per heavy atom. The SMILES string of the molecule is CS(=O)(=O)N1CCC(C2CCN(C(=S)Nc3ccc4c(c3)OCO4)CC2)CC1. The summed E-state index contributed by atoms with van der Waals surface area (Å²) in [5.41, 5.74) is 0.907. The van der Waals surface area contributed by atoms with Crippen LogP contribution in [0.25, 0.3) is 0 Å². The molecule has 2 saturated heterocycles. The van der Waals surface area contributed by atoms with Crippen molar-refractivity contribution in [3.8, 4) is 11.5 Å². The predicted octanol–water partition coefficient (Wildman–Crippen LogP) is 2.50. The molecule has 1 aromatic rings. The molecule has 0 spiro atoms. The highest BCUT2D eigenvalue weighted by molar-refractivity contribution is 7.88. The first kappa shape index (κ1) is 19.7. The number of nitrogens with one attached hydrogen (secondary N) is 1. The van der Waals surface area contributed by atoms with Crippen molar-refractivity contribution in [2.24, 2.45) is 11.8 Å². The molecule has 9 heteroatoms. The van der Waals surface area contributed by atoms with Crippen LogP contribution in [0.1, 0.15) is 25.7 Å². The number of sulfonamides is 1. The second-order valence-corrected chi connectivity index (χ2v) is 10.2. The van der Waals surface area contributed by atoms with E-state index in [9.17, 15) is 8.42 Å². The van der Waals surface area contributed by atoms with E-state index in [1.165, 1.54) is 6.26 Å². The van der Waals surface area contributed by atoms with E-state index in [-0.39, 0.29) is 6.79 Å². The van der Waals surface area contributed by atoms with Gasteiger partial charge < -0.3 is 19.7 Å². The molecular formula is C19H27N3O4S2. The molecule has 0 unspecified atom stereocenters. The monoisotopic (exact) mass is 425 g/mol. The van der Waals surface area contributed by atoms with Gasteiger partial charge in [-0.05, 0) is 61.9 Å². The number of anilines is 1. The Labute approximate surface area is 172 Å². The standard InChI is InChI=1S/C19H27N3O4S2/c1-28(23,24)22-10-6-15(7-11-22)14-4-8-21(9-5-14)19(27)20-16-2-3-17-18(12-16)26-13-25-17/h2-3,12,14-15H,4-11,13H2,1H3,(H,20,27). The zero-order valence-corrected chi connectivity index (χ0v) is 17.7. The van der Waals surface area contributed by atoms with Gasteiger partial charge in [0.25, 0.3) is 0 Å². The maximum absolute atomic E-state index is 11.7. The van der Waals surface area contributed by atoms with Gasteiger partial charge in [0.05, 0.1) is 6.26 Å². The molecule has 0 radical (unpaired) electrons. The highest BCUT2D eigenvalue weighted by Gasteiger charge is 2.32. The molecule has 3 aliphatic heterocycles. The van der Waals surface area contributed by atoms with Gasteiger partial charge in [-0.15, -0.1) is 0 Å². The van der Waals surface area contributed by atoms with Gasteiger partial charge >= 0.3 is 0 Å². The van der Waals surface area contributed by atoms with Gasteiger partial charge in [0, 0.05) is 37.9 Å². The van der Waals surface area contributed by atoms with Gasteiger partial charge in [0.15, 0.2) is 16.6 Å². The molecule has 0 aliphatic carbocycles. The fourth-order valence-electron chi connectivity index (χ4n) is 4.43. The summed E-state index contributed by atoms with van der Waals surface area (Å²) < 4.78 is 35.7. The fourth-order valence-corrected chi connectivity index (χ4v) is 5.60. The zero-order valence-electron chi connectivity index (χ0n) is 16.1. The van der Waals surface area contributed by atoms with Crippen LogP contribution < -0.4 is 14.8 Å². The number of likely N-dealkylation sites (tertiary alicyclic amines) is 1. The van der Waals surface area contributed by atoms with Crippen molar-refractivity contribution in [1.82, 2.24) is 9.21 Å². The van der Waals surface area contributed by atoms with E-state index in [2.05, 4.69) is 10.2 Å². The molecule has 0 amide bonds. The van der Waals surface area contributed by atoms with Crippen LogP contribution in [0.4, 0.5) is 5.69 Å². The lowest BCUT2D eigenvalue weighted by Crippen LogP contribution is -2.44. The predicted molar refractivity (Wildman–Crippen MR) is 112 cm³/mol. The Bertz CT molecular complexity index is 830. The minimum atomic E-state index is -3.05. The number of ether oxygens (including phenoxy) is 2. The van der Waals surface area contributed by atoms with Gasteiger partial charge in [-0.2, -0.15) is 0 Å². The Kier molecular flexibility index (Phi) is 5.66. The van der Waals surface area contributed by atoms with Crippen molar-refractivity contribution < 1.29 is 17.9 Å². The van der Waals surface area contributed by atoms with E-state index < -0.39 is 10.0 Å². The lowest BCUT2D eigenvalue weighted by atomic mass is 9.79. The fraction of sp³-hybridized carbons (Fsp3) is 0.632. The van der Waals surface area contributed by atoms with Crippen LogP contribution in [-0.2, 0) is 10.0 Å². The summed E-state index contributed by atoms with van der Waals surface area (Å²) in [6, 6.07) is 5.75. The van der Waals surface area contributed by atoms with Gasteiger partial charge in [0.1, 0.15) is 0 Å². The second-order valence-electron chi connectivity index (χ2n) is 7.82.